The second-order valence-electron chi connectivity index (χ2n) is 10.4. The third-order valence-electron chi connectivity index (χ3n) is 7.12. The molecule has 0 aliphatic carbocycles. The first kappa shape index (κ1) is 30.1. The van der Waals surface area contributed by atoms with Crippen molar-refractivity contribution in [2.24, 2.45) is 0 Å². The van der Waals surface area contributed by atoms with Crippen molar-refractivity contribution >= 4 is 33.2 Å². The Morgan fingerprint density at radius 2 is 1.65 bits per heavy atom. The van der Waals surface area contributed by atoms with Crippen LogP contribution in [0, 0.1) is 0 Å². The summed E-state index contributed by atoms with van der Waals surface area (Å²) in [5.74, 6) is -2.13. The van der Waals surface area contributed by atoms with Gasteiger partial charge in [-0.1, -0.05) is 42.5 Å². The minimum Gasteiger partial charge on any atom is -0.462 e. The van der Waals surface area contributed by atoms with Crippen molar-refractivity contribution in [1.29, 1.82) is 0 Å². The van der Waals surface area contributed by atoms with Crippen LogP contribution in [0.1, 0.15) is 41.1 Å². The monoisotopic (exact) mass is 603 g/mol. The Hall–Kier alpha value is -4.32. The number of esters is 1. The molecule has 2 aromatic heterocycles. The lowest BCUT2D eigenvalue weighted by molar-refractivity contribution is -0.117. The molecule has 43 heavy (non-hydrogen) atoms. The third kappa shape index (κ3) is 6.69. The van der Waals surface area contributed by atoms with E-state index in [-0.39, 0.29) is 61.0 Å². The Bertz CT molecular complexity index is 1740. The predicted molar refractivity (Wildman–Crippen MR) is 160 cm³/mol. The van der Waals surface area contributed by atoms with E-state index in [1.54, 1.807) is 16.7 Å². The summed E-state index contributed by atoms with van der Waals surface area (Å²) in [7, 11) is -3.82. The summed E-state index contributed by atoms with van der Waals surface area (Å²) in [4.78, 5) is 38.8. The molecule has 0 radical (unpaired) electrons. The summed E-state index contributed by atoms with van der Waals surface area (Å²) < 4.78 is 40.4. The zero-order valence-electron chi connectivity index (χ0n) is 23.9. The Labute approximate surface area is 250 Å². The summed E-state index contributed by atoms with van der Waals surface area (Å²) in [6, 6.07) is 22.5. The third-order valence-corrected chi connectivity index (χ3v) is 8.95. The number of Topliss-reactive ketones (excluding diaryl/α,β-unsaturated/α-hetero) is 1. The normalized spacial score (nSPS) is 17.4. The Morgan fingerprint density at radius 3 is 2.40 bits per heavy atom. The molecule has 0 bridgehead atoms. The van der Waals surface area contributed by atoms with Gasteiger partial charge in [0.2, 0.25) is 10.0 Å². The zero-order chi connectivity index (χ0) is 30.6. The standard InChI is InChI=1S/C32H33N3O7S/c1-22-20-34(21-23(2)42-22)43(39,40)27-14-8-12-25(18-27)32(38)41-17-9-15-33-31(37)30(36)29-28(24-10-4-3-5-11-24)19-26-13-6-7-16-35(26)29/h3-8,10-14,16,18-19,22-23H,9,15,17,20-21H2,1-2H3,(H,33,37)/t22-,23-/m1/s1. The lowest BCUT2D eigenvalue weighted by Gasteiger charge is -2.34. The SMILES string of the molecule is C[C@@H]1CN(S(=O)(=O)c2cccc(C(=O)OCCCNC(=O)C(=O)c3c(-c4ccccc4)cc4ccccn34)c2)C[C@@H](C)O1. The minimum absolute atomic E-state index is 0.00167. The van der Waals surface area contributed by atoms with Gasteiger partial charge in [-0.3, -0.25) is 9.59 Å². The van der Waals surface area contributed by atoms with Crippen LogP contribution >= 0.6 is 0 Å². The first-order chi connectivity index (χ1) is 20.6. The molecule has 1 aliphatic rings. The fraction of sp³-hybridized carbons (Fsp3) is 0.281. The Balaban J connectivity index is 1.16. The number of hydrogen-bond acceptors (Lipinski definition) is 7. The lowest BCUT2D eigenvalue weighted by Crippen LogP contribution is -2.48. The van der Waals surface area contributed by atoms with Gasteiger partial charge in [-0.05, 0) is 62.2 Å². The number of pyridine rings is 1. The van der Waals surface area contributed by atoms with Crippen LogP contribution in [0.2, 0.25) is 0 Å². The van der Waals surface area contributed by atoms with Crippen LogP contribution in [0.15, 0.2) is 90.0 Å². The van der Waals surface area contributed by atoms with Gasteiger partial charge in [0, 0.05) is 36.9 Å². The molecule has 10 nitrogen and oxygen atoms in total. The van der Waals surface area contributed by atoms with Gasteiger partial charge in [0.1, 0.15) is 5.69 Å². The van der Waals surface area contributed by atoms with Crippen molar-refractivity contribution < 1.29 is 32.3 Å². The van der Waals surface area contributed by atoms with Crippen LogP contribution in [0.3, 0.4) is 0 Å². The molecule has 1 fully saturated rings. The number of aromatic nitrogens is 1. The van der Waals surface area contributed by atoms with Crippen LogP contribution in [0.5, 0.6) is 0 Å². The van der Waals surface area contributed by atoms with Crippen molar-refractivity contribution in [3.63, 3.8) is 0 Å². The average Bonchev–Trinajstić information content (AvgIpc) is 3.40. The van der Waals surface area contributed by atoms with Crippen LogP contribution < -0.4 is 5.32 Å². The summed E-state index contributed by atoms with van der Waals surface area (Å²) >= 11 is 0. The van der Waals surface area contributed by atoms with E-state index in [0.717, 1.165) is 11.1 Å². The smallest absolute Gasteiger partial charge is 0.338 e. The molecular formula is C32H33N3O7S. The lowest BCUT2D eigenvalue weighted by atomic mass is 10.0. The Morgan fingerprint density at radius 1 is 0.930 bits per heavy atom. The first-order valence-electron chi connectivity index (χ1n) is 14.1. The van der Waals surface area contributed by atoms with E-state index in [0.29, 0.717) is 5.56 Å². The number of hydrogen-bond donors (Lipinski definition) is 1. The van der Waals surface area contributed by atoms with E-state index in [1.807, 2.05) is 62.4 Å². The molecule has 1 saturated heterocycles. The number of rotatable bonds is 10. The molecule has 4 aromatic rings. The van der Waals surface area contributed by atoms with Gasteiger partial charge >= 0.3 is 5.97 Å². The van der Waals surface area contributed by atoms with E-state index in [1.165, 1.54) is 28.6 Å². The Kier molecular flexibility index (Phi) is 9.05. The molecule has 0 saturated carbocycles. The second kappa shape index (κ2) is 12.9. The van der Waals surface area contributed by atoms with E-state index >= 15 is 0 Å². The van der Waals surface area contributed by atoms with Crippen molar-refractivity contribution in [3.8, 4) is 11.1 Å². The van der Waals surface area contributed by atoms with Gasteiger partial charge in [-0.15, -0.1) is 0 Å². The number of ketones is 1. The maximum absolute atomic E-state index is 13.3. The number of benzene rings is 2. The van der Waals surface area contributed by atoms with E-state index in [2.05, 4.69) is 5.32 Å². The molecule has 0 unspecified atom stereocenters. The molecule has 3 heterocycles. The highest BCUT2D eigenvalue weighted by atomic mass is 32.2. The maximum atomic E-state index is 13.3. The summed E-state index contributed by atoms with van der Waals surface area (Å²) in [6.45, 7) is 4.15. The van der Waals surface area contributed by atoms with Gasteiger partial charge < -0.3 is 19.2 Å². The van der Waals surface area contributed by atoms with Crippen molar-refractivity contribution in [1.82, 2.24) is 14.0 Å². The van der Waals surface area contributed by atoms with Crippen LogP contribution in [0.25, 0.3) is 16.6 Å². The van der Waals surface area contributed by atoms with Gasteiger partial charge in [0.15, 0.2) is 0 Å². The summed E-state index contributed by atoms with van der Waals surface area (Å²) in [5.41, 5.74) is 2.63. The van der Waals surface area contributed by atoms with Crippen molar-refractivity contribution in [2.45, 2.75) is 37.4 Å². The molecule has 5 rings (SSSR count). The number of carbonyl (C=O) groups is 3. The maximum Gasteiger partial charge on any atom is 0.338 e. The predicted octanol–water partition coefficient (Wildman–Crippen LogP) is 3.95. The first-order valence-corrected chi connectivity index (χ1v) is 15.5. The minimum atomic E-state index is -3.82. The topological polar surface area (TPSA) is 123 Å². The van der Waals surface area contributed by atoms with Crippen molar-refractivity contribution in [2.75, 3.05) is 26.2 Å². The van der Waals surface area contributed by atoms with Crippen LogP contribution in [-0.2, 0) is 24.3 Å². The molecule has 2 atom stereocenters. The average molecular weight is 604 g/mol. The largest absolute Gasteiger partial charge is 0.462 e. The highest BCUT2D eigenvalue weighted by Crippen LogP contribution is 2.28. The molecule has 0 spiro atoms. The number of nitrogens with one attached hydrogen (secondary N) is 1. The van der Waals surface area contributed by atoms with E-state index in [4.69, 9.17) is 9.47 Å². The van der Waals surface area contributed by atoms with E-state index in [9.17, 15) is 22.8 Å². The van der Waals surface area contributed by atoms with Gasteiger partial charge in [-0.25, -0.2) is 13.2 Å². The molecule has 1 N–H and O–H groups in total. The summed E-state index contributed by atoms with van der Waals surface area (Å²) in [6.07, 6.45) is 1.52. The molecule has 1 amide bonds. The highest BCUT2D eigenvalue weighted by Gasteiger charge is 2.32. The molecule has 1 aliphatic heterocycles. The highest BCUT2D eigenvalue weighted by molar-refractivity contribution is 7.89. The number of carbonyl (C=O) groups excluding carboxylic acids is 3. The number of sulfonamides is 1. The number of amides is 1. The van der Waals surface area contributed by atoms with E-state index < -0.39 is 27.7 Å². The number of fused-ring (bicyclic) bond motifs is 1. The van der Waals surface area contributed by atoms with Crippen LogP contribution in [-0.4, -0.2) is 73.2 Å². The number of nitrogens with zero attached hydrogens (tertiary/aromatic N) is 2. The van der Waals surface area contributed by atoms with Gasteiger partial charge in [0.05, 0.1) is 29.3 Å². The molecular weight excluding hydrogens is 570 g/mol. The zero-order valence-corrected chi connectivity index (χ0v) is 24.8. The second-order valence-corrected chi connectivity index (χ2v) is 12.4. The quantitative estimate of drug-likeness (QED) is 0.126. The summed E-state index contributed by atoms with van der Waals surface area (Å²) in [5, 5.41) is 2.61. The van der Waals surface area contributed by atoms with Gasteiger partial charge in [-0.2, -0.15) is 4.31 Å². The fourth-order valence-electron chi connectivity index (χ4n) is 5.16. The molecule has 11 heteroatoms. The van der Waals surface area contributed by atoms with Crippen LogP contribution in [0.4, 0.5) is 0 Å². The number of morpholine rings is 1. The molecule has 2 aromatic carbocycles. The molecule has 224 valence electrons. The van der Waals surface area contributed by atoms with Crippen molar-refractivity contribution in [3.05, 3.63) is 96.3 Å². The van der Waals surface area contributed by atoms with Gasteiger partial charge in [0.25, 0.3) is 11.7 Å². The fourth-order valence-corrected chi connectivity index (χ4v) is 6.80. The number of ether oxygens (including phenoxy) is 2.